The van der Waals surface area contributed by atoms with E-state index in [0.717, 1.165) is 23.0 Å². The zero-order valence-corrected chi connectivity index (χ0v) is 18.5. The van der Waals surface area contributed by atoms with Crippen molar-refractivity contribution in [1.29, 1.82) is 0 Å². The molecule has 0 aromatic heterocycles. The predicted octanol–water partition coefficient (Wildman–Crippen LogP) is 1.77. The van der Waals surface area contributed by atoms with Crippen molar-refractivity contribution in [2.75, 3.05) is 43.7 Å². The number of ether oxygens (including phenoxy) is 1. The summed E-state index contributed by atoms with van der Waals surface area (Å²) in [5, 5.41) is 11.3. The van der Waals surface area contributed by atoms with Crippen LogP contribution >= 0.6 is 23.2 Å². The first-order valence-corrected chi connectivity index (χ1v) is 11.6. The molecule has 29 heavy (non-hydrogen) atoms. The number of aryl methyl sites for hydroxylation is 1. The summed E-state index contributed by atoms with van der Waals surface area (Å²) in [6.07, 6.45) is -0.877. The van der Waals surface area contributed by atoms with E-state index in [9.17, 15) is 13.5 Å². The van der Waals surface area contributed by atoms with E-state index in [0.29, 0.717) is 24.8 Å². The highest BCUT2D eigenvalue weighted by Gasteiger charge is 2.30. The number of hydrogen-bond acceptors (Lipinski definition) is 4. The van der Waals surface area contributed by atoms with E-state index < -0.39 is 16.1 Å². The second-order valence-electron chi connectivity index (χ2n) is 7.17. The van der Waals surface area contributed by atoms with Crippen LogP contribution < -0.4 is 9.21 Å². The van der Waals surface area contributed by atoms with Crippen LogP contribution in [0.3, 0.4) is 0 Å². The average molecular weight is 460 g/mol. The van der Waals surface area contributed by atoms with Crippen LogP contribution in [0.1, 0.15) is 5.56 Å². The topological polar surface area (TPSA) is 71.3 Å². The summed E-state index contributed by atoms with van der Waals surface area (Å²) >= 11 is 12.4. The fourth-order valence-corrected chi connectivity index (χ4v) is 5.24. The van der Waals surface area contributed by atoms with Crippen LogP contribution in [0.15, 0.2) is 47.4 Å². The van der Waals surface area contributed by atoms with Gasteiger partial charge in [-0.25, -0.2) is 8.42 Å². The van der Waals surface area contributed by atoms with Gasteiger partial charge in [0.1, 0.15) is 25.7 Å². The van der Waals surface area contributed by atoms with Gasteiger partial charge in [0, 0.05) is 5.02 Å². The Morgan fingerprint density at radius 1 is 1.14 bits per heavy atom. The molecule has 0 saturated carbocycles. The molecule has 2 aromatic carbocycles. The van der Waals surface area contributed by atoms with Crippen LogP contribution in [-0.4, -0.2) is 59.0 Å². The number of sulfonamides is 1. The van der Waals surface area contributed by atoms with Crippen LogP contribution in [0.2, 0.25) is 10.0 Å². The van der Waals surface area contributed by atoms with E-state index in [-0.39, 0.29) is 22.2 Å². The minimum atomic E-state index is -3.95. The van der Waals surface area contributed by atoms with Crippen LogP contribution in [-0.2, 0) is 14.8 Å². The van der Waals surface area contributed by atoms with Crippen LogP contribution in [0, 0.1) is 6.92 Å². The molecule has 158 valence electrons. The maximum atomic E-state index is 13.4. The molecule has 0 radical (unpaired) electrons. The number of aliphatic hydroxyl groups is 1. The van der Waals surface area contributed by atoms with Crippen molar-refractivity contribution in [3.8, 4) is 0 Å². The van der Waals surface area contributed by atoms with E-state index in [1.807, 2.05) is 6.92 Å². The lowest BCUT2D eigenvalue weighted by Gasteiger charge is -2.30. The summed E-state index contributed by atoms with van der Waals surface area (Å²) in [4.78, 5) is 1.30. The third-order valence-electron chi connectivity index (χ3n) is 4.89. The molecule has 1 saturated heterocycles. The van der Waals surface area contributed by atoms with Crippen molar-refractivity contribution in [3.63, 3.8) is 0 Å². The minimum absolute atomic E-state index is 0.124. The summed E-state index contributed by atoms with van der Waals surface area (Å²) < 4.78 is 33.3. The summed E-state index contributed by atoms with van der Waals surface area (Å²) in [7, 11) is -3.95. The Bertz CT molecular complexity index is 932. The molecular formula is C20H25Cl2N2O4S+. The molecule has 0 amide bonds. The molecule has 9 heteroatoms. The molecule has 2 N–H and O–H groups in total. The normalized spacial score (nSPS) is 16.6. The van der Waals surface area contributed by atoms with Crippen LogP contribution in [0.5, 0.6) is 0 Å². The molecule has 1 heterocycles. The van der Waals surface area contributed by atoms with Gasteiger partial charge in [-0.2, -0.15) is 0 Å². The van der Waals surface area contributed by atoms with Gasteiger partial charge >= 0.3 is 0 Å². The van der Waals surface area contributed by atoms with Gasteiger partial charge in [0.15, 0.2) is 0 Å². The number of hydrogen-bond donors (Lipinski definition) is 2. The first kappa shape index (κ1) is 22.3. The Morgan fingerprint density at radius 3 is 2.45 bits per heavy atom. The van der Waals surface area contributed by atoms with Crippen molar-refractivity contribution >= 4 is 38.9 Å². The zero-order valence-electron chi connectivity index (χ0n) is 16.1. The molecule has 1 aliphatic heterocycles. The standard InChI is InChI=1S/C20H24Cl2N2O4S/c1-15-2-5-18(6-3-15)29(26,27)24(20-12-16(21)4-7-19(20)22)14-17(25)13-23-8-10-28-11-9-23/h2-7,12,17,25H,8-11,13-14H2,1H3/p+1/t17-/m0/s1. The zero-order chi connectivity index (χ0) is 21.0. The van der Waals surface area contributed by atoms with Crippen molar-refractivity contribution in [1.82, 2.24) is 0 Å². The van der Waals surface area contributed by atoms with E-state index in [2.05, 4.69) is 0 Å². The SMILES string of the molecule is Cc1ccc(S(=O)(=O)N(C[C@@H](O)C[NH+]2CCOCC2)c2cc(Cl)ccc2Cl)cc1. The molecule has 0 bridgehead atoms. The lowest BCUT2D eigenvalue weighted by Crippen LogP contribution is -3.15. The van der Waals surface area contributed by atoms with Gasteiger partial charge in [-0.3, -0.25) is 4.31 Å². The highest BCUT2D eigenvalue weighted by molar-refractivity contribution is 7.92. The second kappa shape index (κ2) is 9.64. The number of nitrogens with one attached hydrogen (secondary N) is 1. The van der Waals surface area contributed by atoms with Gasteiger partial charge in [0.2, 0.25) is 0 Å². The predicted molar refractivity (Wildman–Crippen MR) is 115 cm³/mol. The van der Waals surface area contributed by atoms with Crippen molar-refractivity contribution in [2.45, 2.75) is 17.9 Å². The van der Waals surface area contributed by atoms with Crippen molar-refractivity contribution in [3.05, 3.63) is 58.1 Å². The summed E-state index contributed by atoms with van der Waals surface area (Å²) in [6, 6.07) is 11.2. The summed E-state index contributed by atoms with van der Waals surface area (Å²) in [5.41, 5.74) is 1.20. The van der Waals surface area contributed by atoms with Crippen LogP contribution in [0.25, 0.3) is 0 Å². The molecule has 3 rings (SSSR count). The molecule has 0 unspecified atom stereocenters. The first-order chi connectivity index (χ1) is 13.8. The highest BCUT2D eigenvalue weighted by atomic mass is 35.5. The molecular weight excluding hydrogens is 435 g/mol. The fraction of sp³-hybridized carbons (Fsp3) is 0.400. The van der Waals surface area contributed by atoms with Gasteiger partial charge in [0.25, 0.3) is 10.0 Å². The van der Waals surface area contributed by atoms with E-state index in [4.69, 9.17) is 27.9 Å². The fourth-order valence-electron chi connectivity index (χ4n) is 3.29. The number of benzene rings is 2. The molecule has 1 fully saturated rings. The third-order valence-corrected chi connectivity index (χ3v) is 7.24. The average Bonchev–Trinajstić information content (AvgIpc) is 2.69. The Balaban J connectivity index is 1.93. The van der Waals surface area contributed by atoms with E-state index in [1.54, 1.807) is 36.4 Å². The number of morpholine rings is 1. The number of rotatable bonds is 7. The maximum Gasteiger partial charge on any atom is 0.264 e. The van der Waals surface area contributed by atoms with Gasteiger partial charge in [-0.05, 0) is 37.3 Å². The first-order valence-electron chi connectivity index (χ1n) is 9.41. The lowest BCUT2D eigenvalue weighted by molar-refractivity contribution is -0.910. The molecule has 0 spiro atoms. The minimum Gasteiger partial charge on any atom is -0.385 e. The van der Waals surface area contributed by atoms with E-state index in [1.165, 1.54) is 11.0 Å². The molecule has 1 atom stereocenters. The smallest absolute Gasteiger partial charge is 0.264 e. The molecule has 2 aromatic rings. The number of nitrogens with zero attached hydrogens (tertiary/aromatic N) is 1. The largest absolute Gasteiger partial charge is 0.385 e. The van der Waals surface area contributed by atoms with Gasteiger partial charge < -0.3 is 14.7 Å². The highest BCUT2D eigenvalue weighted by Crippen LogP contribution is 2.33. The Kier molecular flexibility index (Phi) is 7.42. The van der Waals surface area contributed by atoms with Crippen LogP contribution in [0.4, 0.5) is 5.69 Å². The van der Waals surface area contributed by atoms with Crippen molar-refractivity contribution < 1.29 is 23.2 Å². The Hall–Kier alpha value is -1.35. The molecule has 0 aliphatic carbocycles. The monoisotopic (exact) mass is 459 g/mol. The lowest BCUT2D eigenvalue weighted by atomic mass is 10.2. The summed E-state index contributed by atoms with van der Waals surface area (Å²) in [5.74, 6) is 0. The number of aliphatic hydroxyl groups excluding tert-OH is 1. The van der Waals surface area contributed by atoms with Gasteiger partial charge in [0.05, 0.1) is 35.4 Å². The maximum absolute atomic E-state index is 13.4. The summed E-state index contributed by atoms with van der Waals surface area (Å²) in [6.45, 7) is 5.00. The molecule has 1 aliphatic rings. The quantitative estimate of drug-likeness (QED) is 0.661. The van der Waals surface area contributed by atoms with Gasteiger partial charge in [-0.15, -0.1) is 0 Å². The Morgan fingerprint density at radius 2 is 1.79 bits per heavy atom. The Labute approximate surface area is 181 Å². The van der Waals surface area contributed by atoms with Gasteiger partial charge in [-0.1, -0.05) is 40.9 Å². The van der Waals surface area contributed by atoms with E-state index >= 15 is 0 Å². The number of halogens is 2. The third kappa shape index (κ3) is 5.63. The second-order valence-corrected chi connectivity index (χ2v) is 9.87. The number of anilines is 1. The number of quaternary nitrogens is 1. The molecule has 6 nitrogen and oxygen atoms in total. The van der Waals surface area contributed by atoms with Crippen molar-refractivity contribution in [2.24, 2.45) is 0 Å².